The minimum atomic E-state index is -3.54. The average molecular weight is 776 g/mol. The standard InChI is InChI=1S/C39H46FN5O9Si/c1-22-35(55(2,3)40)30(16-17-44-20-28(42-43-44)26(21-46)24-12-8-5-9-13-24)54-39(22)27-18-25(41-36(50)34-32(48)31(47)33(49)37(51)53-34)14-15-29(27)45(38(39)52)19-23-10-6-4-7-11-23/h4-15,18,20,22,26,30-35,37,46-49,51H,16-17,19,21H2,1-3H3,(H,41,50)/t22-,26?,30+,31-,32-,33+,34-,35-,37+,39+/m0/s1. The molecule has 14 nitrogen and oxygen atoms in total. The molecule has 55 heavy (non-hydrogen) atoms. The molecular weight excluding hydrogens is 730 g/mol. The fourth-order valence-electron chi connectivity index (χ4n) is 8.51. The average Bonchev–Trinajstić information content (AvgIpc) is 3.82. The third-order valence-corrected chi connectivity index (χ3v) is 13.7. The number of aliphatic hydroxyl groups is 5. The van der Waals surface area contributed by atoms with Gasteiger partial charge in [0, 0.05) is 35.5 Å². The number of aryl methyl sites for hydroxylation is 1. The summed E-state index contributed by atoms with van der Waals surface area (Å²) in [6.45, 7) is 5.39. The number of aliphatic hydroxyl groups excluding tert-OH is 5. The van der Waals surface area contributed by atoms with Crippen LogP contribution in [0.2, 0.25) is 18.6 Å². The van der Waals surface area contributed by atoms with Gasteiger partial charge in [0.25, 0.3) is 11.8 Å². The first-order valence-corrected chi connectivity index (χ1v) is 21.3. The van der Waals surface area contributed by atoms with E-state index in [1.54, 1.807) is 47.1 Å². The summed E-state index contributed by atoms with van der Waals surface area (Å²) in [5.41, 5.74) is 1.23. The normalized spacial score (nSPS) is 29.8. The first-order chi connectivity index (χ1) is 26.2. The molecule has 6 N–H and O–H groups in total. The van der Waals surface area contributed by atoms with Crippen molar-refractivity contribution < 1.29 is 48.7 Å². The van der Waals surface area contributed by atoms with Crippen LogP contribution in [0, 0.1) is 5.92 Å². The third-order valence-electron chi connectivity index (χ3n) is 11.2. The highest BCUT2D eigenvalue weighted by Gasteiger charge is 2.66. The number of aromatic nitrogens is 3. The van der Waals surface area contributed by atoms with Crippen molar-refractivity contribution in [3.05, 3.63) is 107 Å². The third kappa shape index (κ3) is 7.13. The summed E-state index contributed by atoms with van der Waals surface area (Å²) < 4.78 is 30.2. The Morgan fingerprint density at radius 3 is 2.36 bits per heavy atom. The summed E-state index contributed by atoms with van der Waals surface area (Å²) in [6.07, 6.45) is -7.78. The molecule has 3 aromatic carbocycles. The molecule has 2 amide bonds. The SMILES string of the molecule is C[C@H]1[C@H]([Si](C)(C)F)[C@@H](CCn2cc(C(CO)c3ccccc3)nn2)O[C@]12C(=O)N(Cc1ccccc1)c1ccc(NC(=O)[C@H]3O[C@@H](O)[C@H](O)[C@@H](O)[C@@H]3O)cc12. The van der Waals surface area contributed by atoms with E-state index in [2.05, 4.69) is 15.6 Å². The fraction of sp³-hybridized carbons (Fsp3) is 0.436. The van der Waals surface area contributed by atoms with Crippen molar-refractivity contribution in [1.82, 2.24) is 15.0 Å². The predicted octanol–water partition coefficient (Wildman–Crippen LogP) is 2.55. The van der Waals surface area contributed by atoms with E-state index in [0.717, 1.165) is 11.1 Å². The van der Waals surface area contributed by atoms with Crippen molar-refractivity contribution in [1.29, 1.82) is 0 Å². The summed E-state index contributed by atoms with van der Waals surface area (Å²) in [4.78, 5) is 29.8. The largest absolute Gasteiger partial charge is 0.395 e. The maximum Gasteiger partial charge on any atom is 0.264 e. The highest BCUT2D eigenvalue weighted by molar-refractivity contribution is 6.72. The van der Waals surface area contributed by atoms with Crippen LogP contribution in [0.4, 0.5) is 15.5 Å². The molecule has 0 bridgehead atoms. The van der Waals surface area contributed by atoms with E-state index in [1.807, 2.05) is 67.6 Å². The van der Waals surface area contributed by atoms with Crippen LogP contribution in [0.25, 0.3) is 0 Å². The van der Waals surface area contributed by atoms with Crippen LogP contribution in [0.3, 0.4) is 0 Å². The summed E-state index contributed by atoms with van der Waals surface area (Å²) >= 11 is 0. The van der Waals surface area contributed by atoms with E-state index in [1.165, 1.54) is 0 Å². The van der Waals surface area contributed by atoms with Crippen molar-refractivity contribution in [2.45, 2.75) is 93.4 Å². The minimum absolute atomic E-state index is 0.164. The lowest BCUT2D eigenvalue weighted by molar-refractivity contribution is -0.274. The van der Waals surface area contributed by atoms with Crippen molar-refractivity contribution >= 4 is 31.6 Å². The predicted molar refractivity (Wildman–Crippen MR) is 200 cm³/mol. The zero-order chi connectivity index (χ0) is 39.2. The lowest BCUT2D eigenvalue weighted by Gasteiger charge is -2.37. The molecule has 3 aliphatic heterocycles. The van der Waals surface area contributed by atoms with E-state index in [9.17, 15) is 35.1 Å². The monoisotopic (exact) mass is 775 g/mol. The zero-order valence-corrected chi connectivity index (χ0v) is 31.6. The molecule has 0 aliphatic carbocycles. The van der Waals surface area contributed by atoms with Gasteiger partial charge in [-0.2, -0.15) is 0 Å². The fourth-order valence-corrected chi connectivity index (χ4v) is 11.0. The Kier molecular flexibility index (Phi) is 10.8. The van der Waals surface area contributed by atoms with Crippen LogP contribution < -0.4 is 10.2 Å². The number of ether oxygens (including phenoxy) is 2. The Morgan fingerprint density at radius 1 is 1.00 bits per heavy atom. The van der Waals surface area contributed by atoms with E-state index < -0.39 is 68.2 Å². The van der Waals surface area contributed by atoms with Crippen molar-refractivity contribution in [2.24, 2.45) is 5.92 Å². The number of rotatable bonds is 11. The van der Waals surface area contributed by atoms with Crippen LogP contribution in [-0.2, 0) is 37.8 Å². The van der Waals surface area contributed by atoms with E-state index in [-0.39, 0.29) is 30.7 Å². The van der Waals surface area contributed by atoms with Gasteiger partial charge in [0.2, 0.25) is 8.41 Å². The Hall–Kier alpha value is -4.39. The smallest absolute Gasteiger partial charge is 0.264 e. The molecule has 1 aromatic heterocycles. The van der Waals surface area contributed by atoms with Gasteiger partial charge >= 0.3 is 0 Å². The van der Waals surface area contributed by atoms with Gasteiger partial charge in [-0.25, -0.2) is 0 Å². The molecule has 16 heteroatoms. The molecule has 10 atom stereocenters. The van der Waals surface area contributed by atoms with Crippen LogP contribution in [0.5, 0.6) is 0 Å². The number of fused-ring (bicyclic) bond motifs is 2. The van der Waals surface area contributed by atoms with Gasteiger partial charge in [-0.05, 0) is 48.8 Å². The number of carbonyl (C=O) groups is 2. The molecule has 4 aromatic rings. The van der Waals surface area contributed by atoms with E-state index >= 15 is 4.11 Å². The summed E-state index contributed by atoms with van der Waals surface area (Å²) in [5, 5.41) is 62.0. The number of anilines is 2. The highest BCUT2D eigenvalue weighted by atomic mass is 28.4. The molecule has 0 saturated carbocycles. The number of amides is 2. The molecule has 0 radical (unpaired) electrons. The van der Waals surface area contributed by atoms with Gasteiger partial charge in [0.05, 0.1) is 36.6 Å². The van der Waals surface area contributed by atoms with Crippen molar-refractivity contribution in [2.75, 3.05) is 16.8 Å². The Balaban J connectivity index is 1.20. The summed E-state index contributed by atoms with van der Waals surface area (Å²) in [6, 6.07) is 23.7. The maximum absolute atomic E-state index is 16.6. The molecule has 2 fully saturated rings. The molecular formula is C39H46FN5O9Si. The summed E-state index contributed by atoms with van der Waals surface area (Å²) in [5.74, 6) is -2.29. The maximum atomic E-state index is 16.6. The number of halogens is 1. The molecule has 2 saturated heterocycles. The molecule has 7 rings (SSSR count). The van der Waals surface area contributed by atoms with Crippen molar-refractivity contribution in [3.8, 4) is 0 Å². The zero-order valence-electron chi connectivity index (χ0n) is 30.6. The van der Waals surface area contributed by atoms with Crippen molar-refractivity contribution in [3.63, 3.8) is 0 Å². The Labute approximate surface area is 318 Å². The van der Waals surface area contributed by atoms with Crippen LogP contribution in [-0.4, -0.2) is 104 Å². The lowest BCUT2D eigenvalue weighted by atomic mass is 9.82. The van der Waals surface area contributed by atoms with Gasteiger partial charge in [0.1, 0.15) is 18.3 Å². The number of hydrogen-bond acceptors (Lipinski definition) is 11. The number of nitrogens with zero attached hydrogens (tertiary/aromatic N) is 4. The number of hydrogen-bond donors (Lipinski definition) is 6. The topological polar surface area (TPSA) is 200 Å². The van der Waals surface area contributed by atoms with E-state index in [4.69, 9.17) is 9.47 Å². The highest BCUT2D eigenvalue weighted by Crippen LogP contribution is 2.60. The van der Waals surface area contributed by atoms with Gasteiger partial charge < -0.3 is 49.3 Å². The Morgan fingerprint density at radius 2 is 1.69 bits per heavy atom. The van der Waals surface area contributed by atoms with Gasteiger partial charge in [-0.1, -0.05) is 72.8 Å². The first-order valence-electron chi connectivity index (χ1n) is 18.4. The lowest BCUT2D eigenvalue weighted by Crippen LogP contribution is -2.60. The van der Waals surface area contributed by atoms with Gasteiger partial charge in [-0.3, -0.25) is 14.3 Å². The Bertz CT molecular complexity index is 2000. The van der Waals surface area contributed by atoms with Crippen LogP contribution in [0.15, 0.2) is 85.1 Å². The first kappa shape index (κ1) is 38.9. The molecule has 292 valence electrons. The van der Waals surface area contributed by atoms with Crippen LogP contribution >= 0.6 is 0 Å². The molecule has 4 heterocycles. The quantitative estimate of drug-likeness (QED) is 0.0967. The molecule has 1 spiro atoms. The molecule has 1 unspecified atom stereocenters. The summed E-state index contributed by atoms with van der Waals surface area (Å²) in [7, 11) is -3.54. The van der Waals surface area contributed by atoms with Gasteiger partial charge in [-0.15, -0.1) is 5.10 Å². The number of nitrogens with one attached hydrogen (secondary N) is 1. The number of carbonyl (C=O) groups excluding carboxylic acids is 2. The van der Waals surface area contributed by atoms with E-state index in [0.29, 0.717) is 29.9 Å². The second-order valence-electron chi connectivity index (χ2n) is 15.1. The van der Waals surface area contributed by atoms with Crippen LogP contribution in [0.1, 0.15) is 41.6 Å². The second kappa shape index (κ2) is 15.3. The molecule has 3 aliphatic rings. The number of benzene rings is 3. The van der Waals surface area contributed by atoms with Gasteiger partial charge in [0.15, 0.2) is 18.0 Å². The second-order valence-corrected chi connectivity index (χ2v) is 18.9. The minimum Gasteiger partial charge on any atom is -0.395 e.